The van der Waals surface area contributed by atoms with Crippen LogP contribution < -0.4 is 5.32 Å². The van der Waals surface area contributed by atoms with Crippen LogP contribution in [-0.2, 0) is 14.3 Å². The van der Waals surface area contributed by atoms with Gasteiger partial charge in [0.25, 0.3) is 0 Å². The van der Waals surface area contributed by atoms with Gasteiger partial charge in [-0.25, -0.2) is 0 Å². The highest BCUT2D eigenvalue weighted by atomic mass is 32.1. The maximum atomic E-state index is 12.6. The van der Waals surface area contributed by atoms with Crippen LogP contribution in [0.5, 0.6) is 0 Å². The van der Waals surface area contributed by atoms with Gasteiger partial charge in [0, 0.05) is 44.0 Å². The molecular formula is C28H42N2O4S. The minimum Gasteiger partial charge on any atom is -0.481 e. The van der Waals surface area contributed by atoms with Gasteiger partial charge in [-0.2, -0.15) is 0 Å². The second-order valence-corrected chi connectivity index (χ2v) is 10.4. The molecule has 35 heavy (non-hydrogen) atoms. The summed E-state index contributed by atoms with van der Waals surface area (Å²) in [5.41, 5.74) is 1.06. The van der Waals surface area contributed by atoms with Gasteiger partial charge in [0.1, 0.15) is 4.99 Å². The van der Waals surface area contributed by atoms with E-state index in [9.17, 15) is 9.59 Å². The highest BCUT2D eigenvalue weighted by molar-refractivity contribution is 7.80. The van der Waals surface area contributed by atoms with Crippen LogP contribution in [0.4, 0.5) is 0 Å². The molecule has 2 aliphatic rings. The molecule has 1 aromatic rings. The largest absolute Gasteiger partial charge is 0.481 e. The van der Waals surface area contributed by atoms with Crippen molar-refractivity contribution in [3.8, 4) is 0 Å². The normalized spacial score (nSPS) is 22.8. The van der Waals surface area contributed by atoms with Crippen LogP contribution in [0.25, 0.3) is 0 Å². The van der Waals surface area contributed by atoms with E-state index < -0.39 is 5.97 Å². The van der Waals surface area contributed by atoms with Gasteiger partial charge in [-0.1, -0.05) is 68.7 Å². The number of hydrogen-bond donors (Lipinski definition) is 2. The van der Waals surface area contributed by atoms with Crippen molar-refractivity contribution in [2.45, 2.75) is 89.8 Å². The number of carbonyl (C=O) groups excluding carboxylic acids is 1. The molecule has 0 aromatic heterocycles. The molecule has 4 unspecified atom stereocenters. The van der Waals surface area contributed by atoms with Crippen molar-refractivity contribution in [2.75, 3.05) is 19.6 Å². The fraction of sp³-hybridized carbons (Fsp3) is 0.679. The zero-order valence-corrected chi connectivity index (χ0v) is 21.9. The van der Waals surface area contributed by atoms with E-state index in [1.165, 1.54) is 0 Å². The van der Waals surface area contributed by atoms with E-state index in [2.05, 4.69) is 17.1 Å². The average molecular weight is 503 g/mol. The first kappa shape index (κ1) is 27.6. The third-order valence-corrected chi connectivity index (χ3v) is 7.93. The molecule has 0 saturated carbocycles. The fourth-order valence-electron chi connectivity index (χ4n) is 5.66. The number of unbranched alkanes of at least 4 members (excludes halogenated alkanes) is 3. The number of carbonyl (C=O) groups is 2. The van der Waals surface area contributed by atoms with Crippen LogP contribution in [0.3, 0.4) is 0 Å². The SMILES string of the molecule is CCCN(CCCC(=O)NCC1C2CCC(O2)C1CCCCCCC(=O)O)C(=S)c1ccccc1. The first-order chi connectivity index (χ1) is 17.0. The topological polar surface area (TPSA) is 78.9 Å². The van der Waals surface area contributed by atoms with Crippen LogP contribution >= 0.6 is 12.2 Å². The molecule has 0 radical (unpaired) electrons. The van der Waals surface area contributed by atoms with E-state index in [0.29, 0.717) is 30.9 Å². The Hall–Kier alpha value is -1.99. The highest BCUT2D eigenvalue weighted by Crippen LogP contribution is 2.45. The molecule has 2 fully saturated rings. The summed E-state index contributed by atoms with van der Waals surface area (Å²) >= 11 is 5.71. The van der Waals surface area contributed by atoms with Crippen molar-refractivity contribution in [2.24, 2.45) is 11.8 Å². The number of hydrogen-bond acceptors (Lipinski definition) is 4. The number of carboxylic acid groups (broad SMARTS) is 1. The van der Waals surface area contributed by atoms with Gasteiger partial charge in [-0.15, -0.1) is 0 Å². The molecule has 7 heteroatoms. The number of benzene rings is 1. The summed E-state index contributed by atoms with van der Waals surface area (Å²) in [6, 6.07) is 10.1. The summed E-state index contributed by atoms with van der Waals surface area (Å²) in [5, 5.41) is 12.0. The van der Waals surface area contributed by atoms with E-state index in [-0.39, 0.29) is 18.4 Å². The summed E-state index contributed by atoms with van der Waals surface area (Å²) in [6.45, 7) is 4.54. The number of ether oxygens (including phenoxy) is 1. The number of aliphatic carboxylic acids is 1. The highest BCUT2D eigenvalue weighted by Gasteiger charge is 2.48. The molecule has 0 aliphatic carbocycles. The molecule has 2 heterocycles. The minimum absolute atomic E-state index is 0.113. The van der Waals surface area contributed by atoms with E-state index in [0.717, 1.165) is 81.4 Å². The van der Waals surface area contributed by atoms with E-state index in [1.54, 1.807) is 0 Å². The quantitative estimate of drug-likeness (QED) is 0.239. The Kier molecular flexibility index (Phi) is 11.5. The van der Waals surface area contributed by atoms with Crippen molar-refractivity contribution in [1.82, 2.24) is 10.2 Å². The summed E-state index contributed by atoms with van der Waals surface area (Å²) in [4.78, 5) is 26.4. The van der Waals surface area contributed by atoms with Crippen LogP contribution in [0.2, 0.25) is 0 Å². The number of carboxylic acids is 1. The maximum absolute atomic E-state index is 12.6. The second-order valence-electron chi connectivity index (χ2n) is 10.0. The van der Waals surface area contributed by atoms with Crippen molar-refractivity contribution < 1.29 is 19.4 Å². The third-order valence-electron chi connectivity index (χ3n) is 7.44. The van der Waals surface area contributed by atoms with Crippen molar-refractivity contribution in [1.29, 1.82) is 0 Å². The van der Waals surface area contributed by atoms with Gasteiger partial charge in [0.15, 0.2) is 0 Å². The van der Waals surface area contributed by atoms with Crippen molar-refractivity contribution in [3.63, 3.8) is 0 Å². The van der Waals surface area contributed by atoms with Gasteiger partial charge >= 0.3 is 5.97 Å². The summed E-state index contributed by atoms with van der Waals surface area (Å²) < 4.78 is 6.20. The predicted octanol–water partition coefficient (Wildman–Crippen LogP) is 5.19. The molecule has 2 bridgehead atoms. The van der Waals surface area contributed by atoms with E-state index in [4.69, 9.17) is 22.1 Å². The van der Waals surface area contributed by atoms with Crippen LogP contribution in [0, 0.1) is 11.8 Å². The number of nitrogens with one attached hydrogen (secondary N) is 1. The number of amides is 1. The van der Waals surface area contributed by atoms with Crippen molar-refractivity contribution in [3.05, 3.63) is 35.9 Å². The lowest BCUT2D eigenvalue weighted by molar-refractivity contribution is -0.137. The monoisotopic (exact) mass is 502 g/mol. The Labute approximate surface area is 215 Å². The molecule has 2 aliphatic heterocycles. The summed E-state index contributed by atoms with van der Waals surface area (Å²) in [7, 11) is 0. The molecule has 0 spiro atoms. The van der Waals surface area contributed by atoms with Crippen molar-refractivity contribution >= 4 is 29.1 Å². The second kappa shape index (κ2) is 14.5. The smallest absolute Gasteiger partial charge is 0.303 e. The first-order valence-corrected chi connectivity index (χ1v) is 13.9. The molecule has 194 valence electrons. The lowest BCUT2D eigenvalue weighted by Gasteiger charge is -2.28. The molecule has 1 amide bonds. The Morgan fingerprint density at radius 2 is 1.71 bits per heavy atom. The van der Waals surface area contributed by atoms with Crippen LogP contribution in [-0.4, -0.2) is 58.7 Å². The Morgan fingerprint density at radius 1 is 1.00 bits per heavy atom. The molecule has 4 atom stereocenters. The van der Waals surface area contributed by atoms with Gasteiger partial charge in [0.2, 0.25) is 5.91 Å². The van der Waals surface area contributed by atoms with E-state index in [1.807, 2.05) is 30.3 Å². The lowest BCUT2D eigenvalue weighted by Crippen LogP contribution is -2.38. The van der Waals surface area contributed by atoms with Crippen LogP contribution in [0.15, 0.2) is 30.3 Å². The Bertz CT molecular complexity index is 818. The average Bonchev–Trinajstić information content (AvgIpc) is 3.46. The standard InChI is InChI=1S/C28H42N2O4S/c1-2-18-30(28(35)21-11-6-5-7-12-21)19-10-14-26(31)29-20-23-22(24-16-17-25(23)34-24)13-8-3-4-9-15-27(32)33/h5-7,11-12,22-25H,2-4,8-10,13-20H2,1H3,(H,29,31)(H,32,33). The van der Waals surface area contributed by atoms with Gasteiger partial charge < -0.3 is 20.1 Å². The zero-order valence-electron chi connectivity index (χ0n) is 21.1. The minimum atomic E-state index is -0.709. The molecule has 3 rings (SSSR count). The number of thiocarbonyl (C=S) groups is 1. The molecule has 2 N–H and O–H groups in total. The molecule has 6 nitrogen and oxygen atoms in total. The number of fused-ring (bicyclic) bond motifs is 2. The predicted molar refractivity (Wildman–Crippen MR) is 142 cm³/mol. The fourth-order valence-corrected chi connectivity index (χ4v) is 5.98. The Morgan fingerprint density at radius 3 is 2.43 bits per heavy atom. The maximum Gasteiger partial charge on any atom is 0.303 e. The van der Waals surface area contributed by atoms with Gasteiger partial charge in [-0.3, -0.25) is 9.59 Å². The Balaban J connectivity index is 1.37. The molecule has 2 saturated heterocycles. The molecular weight excluding hydrogens is 460 g/mol. The number of rotatable bonds is 16. The first-order valence-electron chi connectivity index (χ1n) is 13.5. The third kappa shape index (κ3) is 8.57. The zero-order chi connectivity index (χ0) is 25.0. The number of nitrogens with zero attached hydrogens (tertiary/aromatic N) is 1. The summed E-state index contributed by atoms with van der Waals surface area (Å²) in [6.07, 6.45) is 10.4. The molecule has 1 aromatic carbocycles. The van der Waals surface area contributed by atoms with E-state index >= 15 is 0 Å². The van der Waals surface area contributed by atoms with Gasteiger partial charge in [0.05, 0.1) is 12.2 Å². The summed E-state index contributed by atoms with van der Waals surface area (Å²) in [5.74, 6) is 0.317. The lowest BCUT2D eigenvalue weighted by atomic mass is 9.76. The van der Waals surface area contributed by atoms with Crippen LogP contribution in [0.1, 0.15) is 83.1 Å². The van der Waals surface area contributed by atoms with Gasteiger partial charge in [-0.05, 0) is 44.4 Å².